The third-order valence-electron chi connectivity index (χ3n) is 7.60. The lowest BCUT2D eigenvalue weighted by Crippen LogP contribution is -2.41. The molecule has 0 spiro atoms. The Balaban J connectivity index is 1.53. The van der Waals surface area contributed by atoms with Crippen molar-refractivity contribution in [3.8, 4) is 0 Å². The second-order valence-corrected chi connectivity index (χ2v) is 19.6. The van der Waals surface area contributed by atoms with Crippen LogP contribution in [-0.4, -0.2) is 120 Å². The lowest BCUT2D eigenvalue weighted by atomic mass is 10.0. The van der Waals surface area contributed by atoms with Gasteiger partial charge in [0.2, 0.25) is 14.7 Å². The Morgan fingerprint density at radius 1 is 0.816 bits per heavy atom. The van der Waals surface area contributed by atoms with E-state index in [0.717, 1.165) is 0 Å². The van der Waals surface area contributed by atoms with Crippen molar-refractivity contribution in [3.05, 3.63) is 0 Å². The highest BCUT2D eigenvalue weighted by Crippen LogP contribution is 2.56. The number of morpholine rings is 1. The van der Waals surface area contributed by atoms with Crippen LogP contribution in [0.15, 0.2) is 0 Å². The summed E-state index contributed by atoms with van der Waals surface area (Å²) >= 11 is 0. The van der Waals surface area contributed by atoms with Crippen LogP contribution in [0.25, 0.3) is 0 Å². The van der Waals surface area contributed by atoms with Gasteiger partial charge in [-0.2, -0.15) is 0 Å². The molecule has 0 bridgehead atoms. The Morgan fingerprint density at radius 3 is 1.76 bits per heavy atom. The van der Waals surface area contributed by atoms with Crippen LogP contribution in [0.4, 0.5) is 0 Å². The van der Waals surface area contributed by atoms with Crippen LogP contribution >= 0.6 is 22.3 Å². The van der Waals surface area contributed by atoms with Gasteiger partial charge >= 0.3 is 0 Å². The second kappa shape index (κ2) is 14.0. The van der Waals surface area contributed by atoms with Gasteiger partial charge in [-0.1, -0.05) is 0 Å². The Morgan fingerprint density at radius 2 is 1.29 bits per heavy atom. The third kappa shape index (κ3) is 9.73. The Labute approximate surface area is 230 Å². The van der Waals surface area contributed by atoms with Crippen molar-refractivity contribution in [3.63, 3.8) is 0 Å². The second-order valence-electron chi connectivity index (χ2n) is 11.3. The van der Waals surface area contributed by atoms with E-state index < -0.39 is 28.8 Å². The molecule has 38 heavy (non-hydrogen) atoms. The molecule has 0 aromatic rings. The summed E-state index contributed by atoms with van der Waals surface area (Å²) in [5, 5.41) is 3.12. The van der Waals surface area contributed by atoms with Gasteiger partial charge in [-0.15, -0.1) is 0 Å². The molecule has 3 heterocycles. The zero-order chi connectivity index (χ0) is 29.0. The summed E-state index contributed by atoms with van der Waals surface area (Å²) in [6.45, 7) is 9.61. The maximum atomic E-state index is 13.7. The molecule has 3 saturated heterocycles. The van der Waals surface area contributed by atoms with Gasteiger partial charge < -0.3 is 33.1 Å². The molecule has 0 aromatic carbocycles. The first kappa shape index (κ1) is 31.3. The number of nitrogens with one attached hydrogen (secondary N) is 1. The topological polar surface area (TPSA) is 122 Å². The Bertz CT molecular complexity index is 945. The molecule has 14 heteroatoms. The molecule has 0 aliphatic carbocycles. The minimum atomic E-state index is -3.05. The van der Waals surface area contributed by atoms with E-state index in [9.17, 15) is 13.7 Å². The first-order chi connectivity index (χ1) is 18.1. The lowest BCUT2D eigenvalue weighted by Gasteiger charge is -2.39. The highest BCUT2D eigenvalue weighted by Gasteiger charge is 2.41. The molecule has 0 radical (unpaired) electrons. The molecule has 11 atom stereocenters. The maximum Gasteiger partial charge on any atom is 0.268 e. The molecule has 3 aliphatic heterocycles. The predicted molar refractivity (Wildman–Crippen MR) is 149 cm³/mol. The van der Waals surface area contributed by atoms with E-state index in [2.05, 4.69) is 5.32 Å². The fourth-order valence-electron chi connectivity index (χ4n) is 5.07. The molecular formula is C24H49N2O9P3. The zero-order valence-electron chi connectivity index (χ0n) is 24.9. The van der Waals surface area contributed by atoms with Crippen LogP contribution in [-0.2, 0) is 41.5 Å². The first-order valence-electron chi connectivity index (χ1n) is 14.1. The van der Waals surface area contributed by atoms with E-state index >= 15 is 0 Å². The molecule has 5 unspecified atom stereocenters. The Kier molecular flexibility index (Phi) is 11.6. The molecule has 3 fully saturated rings. The maximum absolute atomic E-state index is 13.7. The van der Waals surface area contributed by atoms with E-state index in [1.54, 1.807) is 38.8 Å². The van der Waals surface area contributed by atoms with Gasteiger partial charge in [-0.25, -0.2) is 4.67 Å². The van der Waals surface area contributed by atoms with Gasteiger partial charge in [0.05, 0.1) is 58.3 Å². The average Bonchev–Trinajstić information content (AvgIpc) is 2.84. The van der Waals surface area contributed by atoms with Crippen LogP contribution in [0.1, 0.15) is 40.9 Å². The molecular weight excluding hydrogens is 553 g/mol. The summed E-state index contributed by atoms with van der Waals surface area (Å²) < 4.78 is 84.4. The van der Waals surface area contributed by atoms with Crippen molar-refractivity contribution in [1.82, 2.24) is 9.99 Å². The van der Waals surface area contributed by atoms with E-state index in [1.807, 2.05) is 13.8 Å². The predicted octanol–water partition coefficient (Wildman–Crippen LogP) is 4.10. The molecule has 0 amide bonds. The van der Waals surface area contributed by atoms with Crippen molar-refractivity contribution in [2.75, 3.05) is 73.6 Å². The average molecular weight is 605 g/mol. The lowest BCUT2D eigenvalue weighted by molar-refractivity contribution is -0.0649. The number of ether oxygens (including phenoxy) is 3. The summed E-state index contributed by atoms with van der Waals surface area (Å²) in [6, 6.07) is 0. The smallest absolute Gasteiger partial charge is 0.268 e. The van der Waals surface area contributed by atoms with Crippen molar-refractivity contribution in [2.45, 2.75) is 81.4 Å². The van der Waals surface area contributed by atoms with Gasteiger partial charge in [-0.3, -0.25) is 13.7 Å². The third-order valence-corrected chi connectivity index (χ3v) is 14.5. The monoisotopic (exact) mass is 604 g/mol. The Hall–Kier alpha value is 0.370. The molecule has 0 aromatic heterocycles. The first-order valence-corrected chi connectivity index (χ1v) is 19.8. The number of hydrogen-bond acceptors (Lipinski definition) is 10. The fraction of sp³-hybridized carbons (Fsp3) is 1.00. The fourth-order valence-corrected chi connectivity index (χ4v) is 9.69. The number of hydrogen-bond donors (Lipinski definition) is 1. The highest BCUT2D eigenvalue weighted by molar-refractivity contribution is 7.59. The molecule has 224 valence electrons. The van der Waals surface area contributed by atoms with E-state index in [-0.39, 0.29) is 61.7 Å². The van der Waals surface area contributed by atoms with Crippen molar-refractivity contribution in [1.29, 1.82) is 0 Å². The summed E-state index contributed by atoms with van der Waals surface area (Å²) in [5.41, 5.74) is -0.423. The summed E-state index contributed by atoms with van der Waals surface area (Å²) in [7, 11) is -5.52. The van der Waals surface area contributed by atoms with Crippen LogP contribution in [0.3, 0.4) is 0 Å². The molecule has 3 rings (SSSR count). The minimum absolute atomic E-state index is 0.128. The summed E-state index contributed by atoms with van der Waals surface area (Å²) in [5.74, 6) is 0. The van der Waals surface area contributed by atoms with Gasteiger partial charge in [0, 0.05) is 44.4 Å². The van der Waals surface area contributed by atoms with Crippen molar-refractivity contribution in [2.24, 2.45) is 0 Å². The summed E-state index contributed by atoms with van der Waals surface area (Å²) in [6.07, 6.45) is 0.936. The highest BCUT2D eigenvalue weighted by atomic mass is 31.2. The van der Waals surface area contributed by atoms with Crippen LogP contribution < -0.4 is 5.32 Å². The van der Waals surface area contributed by atoms with Crippen LogP contribution in [0, 0.1) is 0 Å². The van der Waals surface area contributed by atoms with Crippen molar-refractivity contribution < 1.29 is 42.8 Å². The van der Waals surface area contributed by atoms with Gasteiger partial charge in [0.25, 0.3) is 7.52 Å². The number of nitrogens with zero attached hydrogens (tertiary/aromatic N) is 1. The van der Waals surface area contributed by atoms with Crippen molar-refractivity contribution >= 4 is 22.3 Å². The van der Waals surface area contributed by atoms with E-state index in [4.69, 9.17) is 29.2 Å². The van der Waals surface area contributed by atoms with Crippen LogP contribution in [0.5, 0.6) is 0 Å². The standard InChI is InChI=1S/C24H49N2O9P3/c1-18-10-23(37(6,28)32-17-22-14-25-8-9-30-22)12-20(34-18)15-31-36(5,27)24-11-19(2)35-21(13-24)16-33-38(7,29)26(3)4/h18-25H,8-17H2,1-7H3/t18-,19-,20-,21-,22-,23?,24?,36?,37?,38?/m0/s1/i9T/t9-,18-,19-,20-,21-,22-,23?,24?,36?,37?,38?. The van der Waals surface area contributed by atoms with E-state index in [0.29, 0.717) is 38.8 Å². The zero-order valence-corrected chi connectivity index (χ0v) is 26.6. The minimum Gasteiger partial charge on any atom is -0.373 e. The van der Waals surface area contributed by atoms with Gasteiger partial charge in [0.1, 0.15) is 0 Å². The quantitative estimate of drug-likeness (QED) is 0.324. The van der Waals surface area contributed by atoms with E-state index in [1.165, 1.54) is 0 Å². The summed E-state index contributed by atoms with van der Waals surface area (Å²) in [4.78, 5) is 0. The SMILES string of the molecule is [3H][C@H]1CNC[C@@H](COP(C)(=O)C2C[C@@H](COP(C)(=O)C3C[C@@H](COP(C)(=O)N(C)C)O[C@@H](C)C3)O[C@@H](C)C2)O1. The molecule has 3 aliphatic rings. The number of rotatable bonds is 12. The van der Waals surface area contributed by atoms with Gasteiger partial charge in [0.15, 0.2) is 0 Å². The normalized spacial score (nSPS) is 40.1. The van der Waals surface area contributed by atoms with Gasteiger partial charge in [-0.05, 0) is 53.6 Å². The van der Waals surface area contributed by atoms with Crippen LogP contribution in [0.2, 0.25) is 0 Å². The molecule has 1 N–H and O–H groups in total. The largest absolute Gasteiger partial charge is 0.373 e. The molecule has 0 saturated carbocycles. The molecule has 11 nitrogen and oxygen atoms in total.